The number of aromatic nitrogens is 1. The summed E-state index contributed by atoms with van der Waals surface area (Å²) < 4.78 is 47.3. The maximum absolute atomic E-state index is 14.2. The minimum atomic E-state index is -2.43. The van der Waals surface area contributed by atoms with E-state index < -0.39 is 82.9 Å². The van der Waals surface area contributed by atoms with Crippen molar-refractivity contribution < 1.29 is 82.0 Å². The van der Waals surface area contributed by atoms with Crippen LogP contribution >= 0.6 is 43.6 Å². The number of aromatic hydroxyl groups is 2. The lowest BCUT2D eigenvalue weighted by atomic mass is 9.72. The number of phenolic OH excluding ortho intramolecular Hbond substituents is 2. The number of phenols is 2. The van der Waals surface area contributed by atoms with Crippen LogP contribution in [0.1, 0.15) is 100.0 Å². The molecule has 1 aromatic heterocycles. The third kappa shape index (κ3) is 13.6. The molecule has 2 aliphatic carbocycles. The summed E-state index contributed by atoms with van der Waals surface area (Å²) in [5.74, 6) is -4.34. The van der Waals surface area contributed by atoms with E-state index >= 15 is 0 Å². The largest absolute Gasteiger partial charge is 0.507 e. The van der Waals surface area contributed by atoms with Crippen LogP contribution in [0.3, 0.4) is 0 Å². The Balaban J connectivity index is 0.782. The molecule has 2 aromatic carbocycles. The van der Waals surface area contributed by atoms with Gasteiger partial charge in [-0.15, -0.1) is 0 Å². The van der Waals surface area contributed by atoms with Gasteiger partial charge in [0.15, 0.2) is 17.7 Å². The second-order valence-electron chi connectivity index (χ2n) is 19.2. The fourth-order valence-electron chi connectivity index (χ4n) is 10.3. The van der Waals surface area contributed by atoms with E-state index in [9.17, 15) is 44.1 Å². The maximum atomic E-state index is 14.2. The van der Waals surface area contributed by atoms with Gasteiger partial charge in [0.25, 0.3) is 5.91 Å². The molecule has 5 aliphatic rings. The lowest BCUT2D eigenvalue weighted by Crippen LogP contribution is -2.57. The topological polar surface area (TPSA) is 301 Å². The van der Waals surface area contributed by atoms with E-state index in [2.05, 4.69) is 63.2 Å². The fraction of sp³-hybridized carbons (Fsp3) is 0.558. The standard InChI is InChI=1S/C52H64Br2N6O17S/c1-27-49-34(60-11-13-73-28(2)50(60)77-49)21-40(75-27)76-36-23-52(69,22-33-42(36)48(67)44-43(46(33)65)45(64)32-5-4-6-35(70-3)41(32)47(44)66)51(68)59-58-38(62)8-18-78-26-39(63)56-10-9-55-37(61)7-12-71-14-15-72-16-17-74-31-19-29(24-53)57-30(20-31)25-54/h4-6,19-20,27-28,34,36,40,49-50,65,67,69H,7-18,21-26H2,1-3H3,(H,55,61)(H,56,63)(H,58,62)(H,59,68)/t27-,28+,34-,36-,40-,49+,50+,52-/m0/s1. The molecule has 3 aromatic rings. The average molecular weight is 1240 g/mol. The van der Waals surface area contributed by atoms with Gasteiger partial charge in [-0.1, -0.05) is 44.0 Å². The number of hydrazine groups is 1. The van der Waals surface area contributed by atoms with Crippen LogP contribution in [0, 0.1) is 0 Å². The molecule has 0 bridgehead atoms. The number of rotatable bonds is 24. The van der Waals surface area contributed by atoms with Crippen LogP contribution in [0.5, 0.6) is 23.0 Å². The van der Waals surface area contributed by atoms with Gasteiger partial charge in [0, 0.05) is 103 Å². The first-order valence-corrected chi connectivity index (χ1v) is 29.0. The van der Waals surface area contributed by atoms with Crippen LogP contribution < -0.4 is 31.0 Å². The number of alkyl halides is 2. The second-order valence-corrected chi connectivity index (χ2v) is 21.4. The maximum Gasteiger partial charge on any atom is 0.270 e. The minimum Gasteiger partial charge on any atom is -0.507 e. The summed E-state index contributed by atoms with van der Waals surface area (Å²) in [4.78, 5) is 86.5. The predicted octanol–water partition coefficient (Wildman–Crippen LogP) is 2.76. The zero-order chi connectivity index (χ0) is 55.7. The first-order chi connectivity index (χ1) is 37.5. The third-order valence-corrected chi connectivity index (χ3v) is 16.1. The number of pyridine rings is 1. The van der Waals surface area contributed by atoms with Crippen molar-refractivity contribution in [1.29, 1.82) is 0 Å². The molecule has 0 spiro atoms. The summed E-state index contributed by atoms with van der Waals surface area (Å²) in [6.45, 7) is 6.76. The number of carbonyl (C=O) groups excluding carboxylic acids is 6. The van der Waals surface area contributed by atoms with Gasteiger partial charge in [-0.3, -0.25) is 49.5 Å². The lowest BCUT2D eigenvalue weighted by molar-refractivity contribution is -0.247. The quantitative estimate of drug-likeness (QED) is 0.0230. The molecular formula is C52H64Br2N6O17S. The zero-order valence-corrected chi connectivity index (χ0v) is 47.3. The van der Waals surface area contributed by atoms with Crippen molar-refractivity contribution in [3.63, 3.8) is 0 Å². The Morgan fingerprint density at radius 2 is 1.56 bits per heavy atom. The number of thioether (sulfide) groups is 1. The average Bonchev–Trinajstić information content (AvgIpc) is 3.98. The van der Waals surface area contributed by atoms with Crippen molar-refractivity contribution in [2.75, 3.05) is 77.9 Å². The Kier molecular flexibility index (Phi) is 20.4. The van der Waals surface area contributed by atoms with Crippen molar-refractivity contribution in [2.45, 2.75) is 105 Å². The molecular weight excluding hydrogens is 1170 g/mol. The van der Waals surface area contributed by atoms with Crippen LogP contribution in [0.2, 0.25) is 0 Å². The Hall–Kier alpha value is -5.00. The van der Waals surface area contributed by atoms with Crippen LogP contribution in [-0.2, 0) is 64.7 Å². The number of morpholine rings is 1. The number of halogens is 2. The summed E-state index contributed by atoms with van der Waals surface area (Å²) in [7, 11) is 1.33. The Bertz CT molecular complexity index is 2700. The second kappa shape index (κ2) is 27.0. The van der Waals surface area contributed by atoms with Crippen molar-refractivity contribution in [2.24, 2.45) is 0 Å². The Morgan fingerprint density at radius 1 is 0.859 bits per heavy atom. The van der Waals surface area contributed by atoms with Crippen molar-refractivity contribution in [3.05, 3.63) is 75.1 Å². The molecule has 8 atom stereocenters. The molecule has 424 valence electrons. The van der Waals surface area contributed by atoms with E-state index in [0.29, 0.717) is 56.0 Å². The Morgan fingerprint density at radius 3 is 2.29 bits per heavy atom. The molecule has 0 saturated carbocycles. The van der Waals surface area contributed by atoms with E-state index in [1.807, 2.05) is 26.0 Å². The van der Waals surface area contributed by atoms with Crippen LogP contribution in [-0.4, -0.2) is 181 Å². The molecule has 3 fully saturated rings. The number of ether oxygens (including phenoxy) is 8. The molecule has 0 radical (unpaired) electrons. The van der Waals surface area contributed by atoms with E-state index in [0.717, 1.165) is 23.1 Å². The van der Waals surface area contributed by atoms with Gasteiger partial charge in [0.1, 0.15) is 41.9 Å². The normalized spacial score (nSPS) is 24.2. The number of amides is 4. The van der Waals surface area contributed by atoms with Crippen LogP contribution in [0.4, 0.5) is 0 Å². The zero-order valence-electron chi connectivity index (χ0n) is 43.3. The van der Waals surface area contributed by atoms with Gasteiger partial charge >= 0.3 is 0 Å². The van der Waals surface area contributed by atoms with Gasteiger partial charge < -0.3 is 63.8 Å². The molecule has 4 heterocycles. The molecule has 8 rings (SSSR count). The number of methoxy groups -OCH3 is 1. The van der Waals surface area contributed by atoms with E-state index in [1.165, 1.54) is 25.3 Å². The molecule has 26 heteroatoms. The highest BCUT2D eigenvalue weighted by Gasteiger charge is 2.54. The smallest absolute Gasteiger partial charge is 0.270 e. The third-order valence-electron chi connectivity index (χ3n) is 14.0. The number of benzene rings is 2. The summed E-state index contributed by atoms with van der Waals surface area (Å²) in [6, 6.07) is 7.93. The number of nitrogens with one attached hydrogen (secondary N) is 4. The highest BCUT2D eigenvalue weighted by molar-refractivity contribution is 9.08. The van der Waals surface area contributed by atoms with Gasteiger partial charge in [0.2, 0.25) is 23.5 Å². The van der Waals surface area contributed by atoms with Crippen LogP contribution in [0.25, 0.3) is 0 Å². The van der Waals surface area contributed by atoms with Crippen molar-refractivity contribution in [1.82, 2.24) is 31.4 Å². The van der Waals surface area contributed by atoms with Gasteiger partial charge in [-0.25, -0.2) is 0 Å². The highest BCUT2D eigenvalue weighted by Crippen LogP contribution is 2.53. The monoisotopic (exact) mass is 1230 g/mol. The molecule has 3 aliphatic heterocycles. The summed E-state index contributed by atoms with van der Waals surface area (Å²) in [5, 5.41) is 42.9. The van der Waals surface area contributed by atoms with E-state index in [-0.39, 0.29) is 115 Å². The minimum absolute atomic E-state index is 0.00733. The summed E-state index contributed by atoms with van der Waals surface area (Å²) >= 11 is 7.97. The van der Waals surface area contributed by atoms with Gasteiger partial charge in [-0.2, -0.15) is 11.8 Å². The SMILES string of the molecule is COc1cccc2c1C(=O)c1c(O)c3c(c(O)c1C2=O)C[C@@](O)(C(=O)NNC(=O)CCSCC(=O)NCCNC(=O)CCOCCOCCOc1cc(CBr)nc(CBr)c1)C[C@@H]3O[C@H]1C[C@H]2[C@H](O[C@@H]3[C@@H](C)OCCN32)[C@H](C)O1. The fourth-order valence-corrected chi connectivity index (χ4v) is 11.6. The Labute approximate surface area is 471 Å². The number of aliphatic hydroxyl groups is 1. The van der Waals surface area contributed by atoms with Gasteiger partial charge in [-0.05, 0) is 19.9 Å². The number of carbonyl (C=O) groups is 6. The number of hydrogen-bond donors (Lipinski definition) is 7. The molecule has 23 nitrogen and oxygen atoms in total. The highest BCUT2D eigenvalue weighted by atomic mass is 79.9. The molecule has 4 amide bonds. The van der Waals surface area contributed by atoms with Crippen molar-refractivity contribution >= 4 is 78.8 Å². The number of fused-ring (bicyclic) bond motifs is 6. The molecule has 3 saturated heterocycles. The van der Waals surface area contributed by atoms with Gasteiger partial charge in [0.05, 0.1) is 92.3 Å². The van der Waals surface area contributed by atoms with E-state index in [1.54, 1.807) is 0 Å². The number of nitrogens with zero attached hydrogens (tertiary/aromatic N) is 2. The summed E-state index contributed by atoms with van der Waals surface area (Å²) in [5.41, 5.74) is 2.32. The first-order valence-electron chi connectivity index (χ1n) is 25.6. The first kappa shape index (κ1) is 59.1. The molecule has 0 unspecified atom stereocenters. The molecule has 7 N–H and O–H groups in total. The number of ketones is 2. The number of hydrogen-bond acceptors (Lipinski definition) is 20. The van der Waals surface area contributed by atoms with E-state index in [4.69, 9.17) is 37.9 Å². The lowest BCUT2D eigenvalue weighted by Gasteiger charge is -2.43. The van der Waals surface area contributed by atoms with Crippen LogP contribution in [0.15, 0.2) is 30.3 Å². The molecule has 78 heavy (non-hydrogen) atoms. The predicted molar refractivity (Wildman–Crippen MR) is 286 cm³/mol. The summed E-state index contributed by atoms with van der Waals surface area (Å²) in [6.07, 6.45) is -4.73. The van der Waals surface area contributed by atoms with Crippen molar-refractivity contribution in [3.8, 4) is 23.0 Å².